The van der Waals surface area contributed by atoms with Crippen molar-refractivity contribution < 1.29 is 9.90 Å². The number of nitrogens with zero attached hydrogens (tertiary/aromatic N) is 2. The van der Waals surface area contributed by atoms with Crippen LogP contribution in [-0.4, -0.2) is 26.0 Å². The number of carbonyl (C=O) groups is 1. The van der Waals surface area contributed by atoms with Crippen LogP contribution in [0.3, 0.4) is 0 Å². The van der Waals surface area contributed by atoms with Crippen molar-refractivity contribution in [2.75, 3.05) is 5.73 Å². The Balaban J connectivity index is 2.01. The Morgan fingerprint density at radius 2 is 2.22 bits per heavy atom. The van der Waals surface area contributed by atoms with Gasteiger partial charge in [-0.2, -0.15) is 0 Å². The van der Waals surface area contributed by atoms with Crippen LogP contribution in [0.5, 0.6) is 0 Å². The van der Waals surface area contributed by atoms with Crippen molar-refractivity contribution >= 4 is 23.0 Å². The molecule has 18 heavy (non-hydrogen) atoms. The SMILES string of the molecule is Nc1ccc2[nH]c(C3CCCC3C(=O)O)nc2n1. The number of hydrogen-bond donors (Lipinski definition) is 3. The molecule has 0 amide bonds. The second-order valence-electron chi connectivity index (χ2n) is 4.71. The molecular formula is C12H14N4O2. The highest BCUT2D eigenvalue weighted by Crippen LogP contribution is 2.38. The summed E-state index contributed by atoms with van der Waals surface area (Å²) in [5.74, 6) is 0.000944. The quantitative estimate of drug-likeness (QED) is 0.744. The number of nitrogen functional groups attached to an aromatic ring is 1. The first-order valence-electron chi connectivity index (χ1n) is 6.00. The molecule has 94 valence electrons. The molecule has 4 N–H and O–H groups in total. The van der Waals surface area contributed by atoms with Crippen molar-refractivity contribution in [3.63, 3.8) is 0 Å². The molecule has 6 heteroatoms. The van der Waals surface area contributed by atoms with Gasteiger partial charge in [-0.15, -0.1) is 0 Å². The molecule has 2 heterocycles. The number of imidazole rings is 1. The summed E-state index contributed by atoms with van der Waals surface area (Å²) in [4.78, 5) is 22.8. The second kappa shape index (κ2) is 3.97. The predicted molar refractivity (Wildman–Crippen MR) is 66.0 cm³/mol. The third-order valence-corrected chi connectivity index (χ3v) is 3.57. The van der Waals surface area contributed by atoms with Crippen LogP contribution in [0.25, 0.3) is 11.2 Å². The average Bonchev–Trinajstić information content (AvgIpc) is 2.93. The lowest BCUT2D eigenvalue weighted by Gasteiger charge is -2.12. The molecule has 6 nitrogen and oxygen atoms in total. The molecule has 0 aromatic carbocycles. The van der Waals surface area contributed by atoms with E-state index in [4.69, 9.17) is 5.73 Å². The van der Waals surface area contributed by atoms with Crippen LogP contribution in [0.15, 0.2) is 12.1 Å². The molecule has 2 atom stereocenters. The van der Waals surface area contributed by atoms with E-state index in [9.17, 15) is 9.90 Å². The van der Waals surface area contributed by atoms with Crippen LogP contribution in [0, 0.1) is 5.92 Å². The second-order valence-corrected chi connectivity index (χ2v) is 4.71. The van der Waals surface area contributed by atoms with Gasteiger partial charge >= 0.3 is 5.97 Å². The van der Waals surface area contributed by atoms with Crippen LogP contribution in [0.2, 0.25) is 0 Å². The fraction of sp³-hybridized carbons (Fsp3) is 0.417. The van der Waals surface area contributed by atoms with Gasteiger partial charge in [0.2, 0.25) is 0 Å². The molecule has 1 saturated carbocycles. The lowest BCUT2D eigenvalue weighted by molar-refractivity contribution is -0.142. The van der Waals surface area contributed by atoms with E-state index in [-0.39, 0.29) is 11.8 Å². The molecule has 2 unspecified atom stereocenters. The minimum absolute atomic E-state index is 0.0436. The van der Waals surface area contributed by atoms with Gasteiger partial charge in [-0.1, -0.05) is 6.42 Å². The Morgan fingerprint density at radius 1 is 1.39 bits per heavy atom. The van der Waals surface area contributed by atoms with Crippen molar-refractivity contribution in [3.05, 3.63) is 18.0 Å². The van der Waals surface area contributed by atoms with Crippen molar-refractivity contribution in [1.82, 2.24) is 15.0 Å². The first-order valence-corrected chi connectivity index (χ1v) is 6.00. The maximum atomic E-state index is 11.2. The molecule has 2 aromatic rings. The van der Waals surface area contributed by atoms with Crippen LogP contribution in [0.4, 0.5) is 5.82 Å². The number of pyridine rings is 1. The predicted octanol–water partition coefficient (Wildman–Crippen LogP) is 1.51. The number of rotatable bonds is 2. The van der Waals surface area contributed by atoms with E-state index in [1.54, 1.807) is 6.07 Å². The smallest absolute Gasteiger partial charge is 0.307 e. The monoisotopic (exact) mass is 246 g/mol. The maximum absolute atomic E-state index is 11.2. The zero-order valence-corrected chi connectivity index (χ0v) is 9.76. The molecule has 1 aliphatic carbocycles. The number of anilines is 1. The summed E-state index contributed by atoms with van der Waals surface area (Å²) in [5, 5.41) is 9.19. The highest BCUT2D eigenvalue weighted by atomic mass is 16.4. The van der Waals surface area contributed by atoms with Gasteiger partial charge in [0.1, 0.15) is 11.6 Å². The Labute approximate surface area is 103 Å². The number of fused-ring (bicyclic) bond motifs is 1. The molecule has 2 aromatic heterocycles. The number of nitrogens with two attached hydrogens (primary N) is 1. The van der Waals surface area contributed by atoms with Crippen LogP contribution in [-0.2, 0) is 4.79 Å². The minimum Gasteiger partial charge on any atom is -0.481 e. The molecular weight excluding hydrogens is 232 g/mol. The maximum Gasteiger partial charge on any atom is 0.307 e. The van der Waals surface area contributed by atoms with Crippen molar-refractivity contribution in [2.45, 2.75) is 25.2 Å². The number of H-pyrrole nitrogens is 1. The lowest BCUT2D eigenvalue weighted by atomic mass is 9.96. The highest BCUT2D eigenvalue weighted by molar-refractivity contribution is 5.74. The van der Waals surface area contributed by atoms with Crippen molar-refractivity contribution in [1.29, 1.82) is 0 Å². The average molecular weight is 246 g/mol. The van der Waals surface area contributed by atoms with E-state index in [2.05, 4.69) is 15.0 Å². The standard InChI is InChI=1S/C12H14N4O2/c13-9-5-4-8-11(15-9)16-10(14-8)6-2-1-3-7(6)12(17)18/h4-7H,1-3H2,(H,17,18)(H3,13,14,15,16). The molecule has 0 saturated heterocycles. The summed E-state index contributed by atoms with van der Waals surface area (Å²) in [6.45, 7) is 0. The zero-order chi connectivity index (χ0) is 12.7. The van der Waals surface area contributed by atoms with Gasteiger partial charge < -0.3 is 15.8 Å². The summed E-state index contributed by atoms with van der Waals surface area (Å²) >= 11 is 0. The number of aromatic amines is 1. The molecule has 1 aliphatic rings. The van der Waals surface area contributed by atoms with E-state index < -0.39 is 5.97 Å². The van der Waals surface area contributed by atoms with E-state index in [1.165, 1.54) is 0 Å². The van der Waals surface area contributed by atoms with Gasteiger partial charge in [0.25, 0.3) is 0 Å². The number of aliphatic carboxylic acids is 1. The minimum atomic E-state index is -0.745. The summed E-state index contributed by atoms with van der Waals surface area (Å²) < 4.78 is 0. The fourth-order valence-corrected chi connectivity index (χ4v) is 2.68. The zero-order valence-electron chi connectivity index (χ0n) is 9.76. The Morgan fingerprint density at radius 3 is 3.00 bits per heavy atom. The molecule has 0 bridgehead atoms. The number of carboxylic acids is 1. The summed E-state index contributed by atoms with van der Waals surface area (Å²) in [7, 11) is 0. The van der Waals surface area contributed by atoms with Gasteiger partial charge in [0.15, 0.2) is 5.65 Å². The summed E-state index contributed by atoms with van der Waals surface area (Å²) in [5.41, 5.74) is 6.96. The van der Waals surface area contributed by atoms with E-state index in [0.29, 0.717) is 23.7 Å². The van der Waals surface area contributed by atoms with Crippen molar-refractivity contribution in [3.8, 4) is 0 Å². The Bertz CT molecular complexity index is 607. The lowest BCUT2D eigenvalue weighted by Crippen LogP contribution is -2.17. The largest absolute Gasteiger partial charge is 0.481 e. The molecule has 0 aliphatic heterocycles. The van der Waals surface area contributed by atoms with E-state index in [1.807, 2.05) is 6.07 Å². The van der Waals surface area contributed by atoms with Crippen LogP contribution < -0.4 is 5.73 Å². The normalized spacial score (nSPS) is 23.6. The van der Waals surface area contributed by atoms with Gasteiger partial charge in [-0.25, -0.2) is 9.97 Å². The van der Waals surface area contributed by atoms with E-state index in [0.717, 1.165) is 18.4 Å². The summed E-state index contributed by atoms with van der Waals surface area (Å²) in [6.07, 6.45) is 2.49. The van der Waals surface area contributed by atoms with Gasteiger partial charge in [0, 0.05) is 5.92 Å². The first kappa shape index (κ1) is 11.0. The van der Waals surface area contributed by atoms with Gasteiger partial charge in [0.05, 0.1) is 11.4 Å². The molecule has 1 fully saturated rings. The topological polar surface area (TPSA) is 105 Å². The fourth-order valence-electron chi connectivity index (χ4n) is 2.68. The first-order chi connectivity index (χ1) is 8.65. The van der Waals surface area contributed by atoms with E-state index >= 15 is 0 Å². The Hall–Kier alpha value is -2.11. The van der Waals surface area contributed by atoms with Crippen LogP contribution in [0.1, 0.15) is 31.0 Å². The highest BCUT2D eigenvalue weighted by Gasteiger charge is 2.35. The summed E-state index contributed by atoms with van der Waals surface area (Å²) in [6, 6.07) is 3.52. The third-order valence-electron chi connectivity index (χ3n) is 3.57. The van der Waals surface area contributed by atoms with Gasteiger partial charge in [-0.05, 0) is 25.0 Å². The van der Waals surface area contributed by atoms with Gasteiger partial charge in [-0.3, -0.25) is 4.79 Å². The third kappa shape index (κ3) is 1.70. The number of hydrogen-bond acceptors (Lipinski definition) is 4. The molecule has 0 radical (unpaired) electrons. The number of carboxylic acid groups (broad SMARTS) is 1. The van der Waals surface area contributed by atoms with Crippen LogP contribution >= 0.6 is 0 Å². The Kier molecular flexibility index (Phi) is 2.43. The molecule has 0 spiro atoms. The van der Waals surface area contributed by atoms with Crippen molar-refractivity contribution in [2.24, 2.45) is 5.92 Å². The number of aromatic nitrogens is 3. The molecule has 3 rings (SSSR count). The number of nitrogens with one attached hydrogen (secondary N) is 1.